The van der Waals surface area contributed by atoms with Gasteiger partial charge in [0.15, 0.2) is 0 Å². The van der Waals surface area contributed by atoms with Crippen LogP contribution in [0.4, 0.5) is 0 Å². The van der Waals surface area contributed by atoms with E-state index in [1.54, 1.807) is 30.8 Å². The van der Waals surface area contributed by atoms with Crippen molar-refractivity contribution in [1.82, 2.24) is 0 Å². The van der Waals surface area contributed by atoms with Gasteiger partial charge in [0.25, 0.3) is 0 Å². The first kappa shape index (κ1) is 11.6. The molecule has 2 rings (SSSR count). The Morgan fingerprint density at radius 1 is 1.06 bits per heavy atom. The van der Waals surface area contributed by atoms with Gasteiger partial charge in [0.1, 0.15) is 10.8 Å². The summed E-state index contributed by atoms with van der Waals surface area (Å²) >= 11 is 3.28. The number of hydrogen-bond acceptors (Lipinski definition) is 4. The van der Waals surface area contributed by atoms with Crippen LogP contribution >= 0.6 is 23.7 Å². The lowest BCUT2D eigenvalue weighted by Crippen LogP contribution is -1.98. The van der Waals surface area contributed by atoms with Gasteiger partial charge in [-0.1, -0.05) is 11.8 Å². The van der Waals surface area contributed by atoms with Gasteiger partial charge in [-0.3, -0.25) is 0 Å². The summed E-state index contributed by atoms with van der Waals surface area (Å²) in [6, 6.07) is 8.01. The zero-order chi connectivity index (χ0) is 11.5. The Morgan fingerprint density at radius 2 is 1.75 bits per heavy atom. The fraction of sp³-hybridized carbons (Fsp3) is 0.250. The Labute approximate surface area is 104 Å². The molecule has 4 heteroatoms. The summed E-state index contributed by atoms with van der Waals surface area (Å²) < 4.78 is 9.62. The normalized spacial score (nSPS) is 16.1. The second-order valence-electron chi connectivity index (χ2n) is 3.43. The summed E-state index contributed by atoms with van der Waals surface area (Å²) in [6.45, 7) is 4.23. The number of ether oxygens (including phenoxy) is 1. The monoisotopic (exact) mass is 251 g/mol. The molecule has 1 aliphatic rings. The SMILES string of the molecule is COc1ccc(C2=NSC(C)=C(C)S2)cc1. The van der Waals surface area contributed by atoms with Crippen molar-refractivity contribution in [1.29, 1.82) is 0 Å². The smallest absolute Gasteiger partial charge is 0.118 e. The van der Waals surface area contributed by atoms with E-state index in [-0.39, 0.29) is 0 Å². The molecule has 0 amide bonds. The van der Waals surface area contributed by atoms with E-state index >= 15 is 0 Å². The highest BCUT2D eigenvalue weighted by atomic mass is 32.2. The Morgan fingerprint density at radius 3 is 2.31 bits per heavy atom. The minimum atomic E-state index is 0.876. The maximum atomic E-state index is 5.13. The van der Waals surface area contributed by atoms with Crippen molar-refractivity contribution in [3.63, 3.8) is 0 Å². The van der Waals surface area contributed by atoms with Crippen LogP contribution in [0.2, 0.25) is 0 Å². The highest BCUT2D eigenvalue weighted by Crippen LogP contribution is 2.36. The second-order valence-corrected chi connectivity index (χ2v) is 5.61. The van der Waals surface area contributed by atoms with Crippen molar-refractivity contribution in [3.05, 3.63) is 39.6 Å². The molecule has 0 fully saturated rings. The average molecular weight is 251 g/mol. The lowest BCUT2D eigenvalue weighted by Gasteiger charge is -2.13. The molecule has 1 aliphatic heterocycles. The van der Waals surface area contributed by atoms with Gasteiger partial charge >= 0.3 is 0 Å². The van der Waals surface area contributed by atoms with Gasteiger partial charge in [0.2, 0.25) is 0 Å². The van der Waals surface area contributed by atoms with Gasteiger partial charge in [-0.25, -0.2) is 4.40 Å². The summed E-state index contributed by atoms with van der Waals surface area (Å²) in [7, 11) is 1.67. The fourth-order valence-corrected chi connectivity index (χ4v) is 2.89. The zero-order valence-electron chi connectivity index (χ0n) is 9.48. The Hall–Kier alpha value is -0.870. The third kappa shape index (κ3) is 2.44. The predicted octanol–water partition coefficient (Wildman–Crippen LogP) is 4.09. The van der Waals surface area contributed by atoms with Gasteiger partial charge < -0.3 is 4.74 Å². The van der Waals surface area contributed by atoms with Gasteiger partial charge in [-0.2, -0.15) is 0 Å². The molecule has 84 valence electrons. The summed E-state index contributed by atoms with van der Waals surface area (Å²) in [4.78, 5) is 2.60. The quantitative estimate of drug-likeness (QED) is 0.739. The number of hydrogen-bond donors (Lipinski definition) is 0. The molecule has 0 bridgehead atoms. The molecule has 16 heavy (non-hydrogen) atoms. The highest BCUT2D eigenvalue weighted by Gasteiger charge is 2.13. The molecule has 0 aromatic heterocycles. The van der Waals surface area contributed by atoms with E-state index in [0.717, 1.165) is 16.4 Å². The first-order valence-corrected chi connectivity index (χ1v) is 6.54. The van der Waals surface area contributed by atoms with Crippen LogP contribution in [0, 0.1) is 0 Å². The van der Waals surface area contributed by atoms with E-state index in [9.17, 15) is 0 Å². The first-order chi connectivity index (χ1) is 7.70. The molecule has 0 radical (unpaired) electrons. The van der Waals surface area contributed by atoms with Gasteiger partial charge in [0.05, 0.1) is 7.11 Å². The number of nitrogens with zero attached hydrogens (tertiary/aromatic N) is 1. The zero-order valence-corrected chi connectivity index (χ0v) is 11.1. The van der Waals surface area contributed by atoms with Crippen LogP contribution in [0.15, 0.2) is 38.5 Å². The van der Waals surface area contributed by atoms with E-state index in [2.05, 4.69) is 18.2 Å². The van der Waals surface area contributed by atoms with Crippen molar-refractivity contribution >= 4 is 28.8 Å². The largest absolute Gasteiger partial charge is 0.497 e. The lowest BCUT2D eigenvalue weighted by molar-refractivity contribution is 0.415. The molecule has 0 saturated heterocycles. The van der Waals surface area contributed by atoms with Crippen LogP contribution in [-0.4, -0.2) is 12.2 Å². The molecule has 0 unspecified atom stereocenters. The molecule has 0 aliphatic carbocycles. The van der Waals surface area contributed by atoms with Gasteiger partial charge in [-0.05, 0) is 43.0 Å². The van der Waals surface area contributed by atoms with Crippen molar-refractivity contribution in [2.75, 3.05) is 7.11 Å². The van der Waals surface area contributed by atoms with Crippen molar-refractivity contribution in [2.45, 2.75) is 13.8 Å². The Bertz CT molecular complexity index is 449. The molecule has 0 atom stereocenters. The minimum Gasteiger partial charge on any atom is -0.497 e. The first-order valence-electron chi connectivity index (χ1n) is 4.95. The predicted molar refractivity (Wildman–Crippen MR) is 73.1 cm³/mol. The van der Waals surface area contributed by atoms with Crippen molar-refractivity contribution in [3.8, 4) is 5.75 Å². The van der Waals surface area contributed by atoms with E-state index in [1.165, 1.54) is 9.81 Å². The molecular weight excluding hydrogens is 238 g/mol. The van der Waals surface area contributed by atoms with Crippen molar-refractivity contribution in [2.24, 2.45) is 4.40 Å². The maximum Gasteiger partial charge on any atom is 0.118 e. The average Bonchev–Trinajstić information content (AvgIpc) is 2.33. The molecule has 0 saturated carbocycles. The number of allylic oxidation sites excluding steroid dienone is 2. The van der Waals surface area contributed by atoms with Crippen molar-refractivity contribution < 1.29 is 4.74 Å². The number of methoxy groups -OCH3 is 1. The standard InChI is InChI=1S/C12H13NOS2/c1-8-9(2)16-13-12(15-8)10-4-6-11(14-3)7-5-10/h4-7H,1-3H3. The summed E-state index contributed by atoms with van der Waals surface area (Å²) in [5, 5.41) is 1.07. The number of thioether (sulfide) groups is 1. The molecule has 0 spiro atoms. The van der Waals surface area contributed by atoms with Gasteiger partial charge in [0, 0.05) is 22.4 Å². The fourth-order valence-electron chi connectivity index (χ4n) is 1.25. The van der Waals surface area contributed by atoms with Crippen LogP contribution in [0.3, 0.4) is 0 Å². The van der Waals surface area contributed by atoms with E-state index in [1.807, 2.05) is 24.3 Å². The Balaban J connectivity index is 2.20. The molecule has 1 heterocycles. The molecular formula is C12H13NOS2. The van der Waals surface area contributed by atoms with Crippen LogP contribution in [0.5, 0.6) is 5.75 Å². The molecule has 2 nitrogen and oxygen atoms in total. The topological polar surface area (TPSA) is 21.6 Å². The minimum absolute atomic E-state index is 0.876. The summed E-state index contributed by atoms with van der Waals surface area (Å²) in [6.07, 6.45) is 0. The van der Waals surface area contributed by atoms with E-state index in [0.29, 0.717) is 0 Å². The summed E-state index contributed by atoms with van der Waals surface area (Å²) in [5.41, 5.74) is 1.14. The number of rotatable bonds is 2. The Kier molecular flexibility index (Phi) is 3.61. The van der Waals surface area contributed by atoms with Gasteiger partial charge in [-0.15, -0.1) is 0 Å². The second kappa shape index (κ2) is 4.97. The maximum absolute atomic E-state index is 5.13. The van der Waals surface area contributed by atoms with Crippen LogP contribution in [0.1, 0.15) is 19.4 Å². The third-order valence-electron chi connectivity index (χ3n) is 2.35. The molecule has 1 aromatic carbocycles. The third-order valence-corrected chi connectivity index (χ3v) is 4.58. The number of benzene rings is 1. The molecule has 0 N–H and O–H groups in total. The highest BCUT2D eigenvalue weighted by molar-refractivity contribution is 8.20. The van der Waals surface area contributed by atoms with Crippen LogP contribution < -0.4 is 4.74 Å². The van der Waals surface area contributed by atoms with Crippen LogP contribution in [-0.2, 0) is 0 Å². The summed E-state index contributed by atoms with van der Waals surface area (Å²) in [5.74, 6) is 0.876. The lowest BCUT2D eigenvalue weighted by atomic mass is 10.2. The van der Waals surface area contributed by atoms with E-state index in [4.69, 9.17) is 4.74 Å². The van der Waals surface area contributed by atoms with E-state index < -0.39 is 0 Å². The van der Waals surface area contributed by atoms with Crippen LogP contribution in [0.25, 0.3) is 0 Å². The molecule has 1 aromatic rings.